The highest BCUT2D eigenvalue weighted by molar-refractivity contribution is 5.94. The van der Waals surface area contributed by atoms with E-state index >= 15 is 0 Å². The van der Waals surface area contributed by atoms with Crippen molar-refractivity contribution in [1.29, 1.82) is 0 Å². The molecule has 1 fully saturated rings. The number of anilines is 1. The molecule has 4 nitrogen and oxygen atoms in total. The molecule has 1 aliphatic heterocycles. The van der Waals surface area contributed by atoms with Gasteiger partial charge in [-0.15, -0.1) is 13.2 Å². The average Bonchev–Trinajstić information content (AvgIpc) is 2.48. The van der Waals surface area contributed by atoms with Crippen molar-refractivity contribution in [3.63, 3.8) is 0 Å². The number of amides is 1. The molecule has 0 radical (unpaired) electrons. The molecule has 1 N–H and O–H groups in total. The van der Waals surface area contributed by atoms with Crippen LogP contribution < -0.4 is 10.1 Å². The number of alkyl halides is 3. The highest BCUT2D eigenvalue weighted by atomic mass is 19.4. The van der Waals surface area contributed by atoms with Gasteiger partial charge in [-0.3, -0.25) is 9.69 Å². The van der Waals surface area contributed by atoms with Crippen LogP contribution in [-0.4, -0.2) is 36.3 Å². The minimum absolute atomic E-state index is 0.109. The molecule has 0 saturated carbocycles. The molecule has 1 atom stereocenters. The van der Waals surface area contributed by atoms with Crippen LogP contribution in [0.15, 0.2) is 24.3 Å². The summed E-state index contributed by atoms with van der Waals surface area (Å²) in [5, 5.41) is 2.77. The molecule has 1 aromatic carbocycles. The Kier molecular flexibility index (Phi) is 5.87. The first kappa shape index (κ1) is 17.6. The van der Waals surface area contributed by atoms with Gasteiger partial charge in [0.15, 0.2) is 0 Å². The average molecular weight is 330 g/mol. The number of nitrogens with one attached hydrogen (secondary N) is 1. The molecule has 128 valence electrons. The third-order valence-corrected chi connectivity index (χ3v) is 3.78. The van der Waals surface area contributed by atoms with Gasteiger partial charge in [-0.25, -0.2) is 0 Å². The maximum atomic E-state index is 12.4. The normalized spacial score (nSPS) is 19.4. The third-order valence-electron chi connectivity index (χ3n) is 3.78. The Morgan fingerprint density at radius 1 is 1.30 bits per heavy atom. The fraction of sp³-hybridized carbons (Fsp3) is 0.562. The smallest absolute Gasteiger partial charge is 0.406 e. The van der Waals surface area contributed by atoms with E-state index in [2.05, 4.69) is 21.9 Å². The zero-order chi connectivity index (χ0) is 16.9. The molecule has 0 aromatic heterocycles. The first-order valence-corrected chi connectivity index (χ1v) is 7.80. The monoisotopic (exact) mass is 330 g/mol. The summed E-state index contributed by atoms with van der Waals surface area (Å²) in [6.45, 7) is 3.85. The third kappa shape index (κ3) is 5.42. The highest BCUT2D eigenvalue weighted by Gasteiger charge is 2.31. The molecule has 1 unspecified atom stereocenters. The van der Waals surface area contributed by atoms with E-state index in [1.807, 2.05) is 0 Å². The number of nitrogens with zero attached hydrogens (tertiary/aromatic N) is 1. The van der Waals surface area contributed by atoms with Gasteiger partial charge in [-0.2, -0.15) is 0 Å². The predicted molar refractivity (Wildman–Crippen MR) is 81.3 cm³/mol. The van der Waals surface area contributed by atoms with Crippen molar-refractivity contribution in [3.8, 4) is 5.75 Å². The van der Waals surface area contributed by atoms with E-state index in [1.54, 1.807) is 0 Å². The lowest BCUT2D eigenvalue weighted by molar-refractivity contribution is -0.274. The van der Waals surface area contributed by atoms with Gasteiger partial charge in [0.05, 0.1) is 6.04 Å². The SMILES string of the molecule is CCCN1CCCCC1C(=O)Nc1ccc(OC(F)(F)F)cc1. The van der Waals surface area contributed by atoms with Crippen LogP contribution in [0.4, 0.5) is 18.9 Å². The molecule has 7 heteroatoms. The number of piperidine rings is 1. The summed E-state index contributed by atoms with van der Waals surface area (Å²) < 4.78 is 40.1. The molecule has 2 rings (SSSR count). The maximum absolute atomic E-state index is 12.4. The maximum Gasteiger partial charge on any atom is 0.573 e. The number of carbonyl (C=O) groups is 1. The summed E-state index contributed by atoms with van der Waals surface area (Å²) in [6, 6.07) is 5.02. The zero-order valence-electron chi connectivity index (χ0n) is 13.0. The van der Waals surface area contributed by atoms with E-state index in [0.717, 1.165) is 38.8 Å². The second kappa shape index (κ2) is 7.68. The standard InChI is InChI=1S/C16H21F3N2O2/c1-2-10-21-11-4-3-5-14(21)15(22)20-12-6-8-13(9-7-12)23-16(17,18)19/h6-9,14H,2-5,10-11H2,1H3,(H,20,22). The molecule has 1 heterocycles. The molecule has 0 bridgehead atoms. The van der Waals surface area contributed by atoms with Crippen molar-refractivity contribution in [3.05, 3.63) is 24.3 Å². The van der Waals surface area contributed by atoms with Crippen molar-refractivity contribution in [1.82, 2.24) is 4.90 Å². The molecule has 1 aliphatic rings. The number of rotatable bonds is 5. The summed E-state index contributed by atoms with van der Waals surface area (Å²) in [7, 11) is 0. The van der Waals surface area contributed by atoms with Crippen molar-refractivity contribution in [2.24, 2.45) is 0 Å². The van der Waals surface area contributed by atoms with Crippen LogP contribution in [0.5, 0.6) is 5.75 Å². The van der Waals surface area contributed by atoms with Crippen molar-refractivity contribution in [2.75, 3.05) is 18.4 Å². The fourth-order valence-electron chi connectivity index (χ4n) is 2.81. The van der Waals surface area contributed by atoms with Crippen LogP contribution in [0.25, 0.3) is 0 Å². The van der Waals surface area contributed by atoms with Crippen molar-refractivity contribution < 1.29 is 22.7 Å². The van der Waals surface area contributed by atoms with Gasteiger partial charge in [0, 0.05) is 5.69 Å². The minimum atomic E-state index is -4.71. The summed E-state index contributed by atoms with van der Waals surface area (Å²) in [6.07, 6.45) is -0.828. The second-order valence-electron chi connectivity index (χ2n) is 5.61. The van der Waals surface area contributed by atoms with E-state index < -0.39 is 6.36 Å². The minimum Gasteiger partial charge on any atom is -0.406 e. The van der Waals surface area contributed by atoms with Crippen LogP contribution in [0.1, 0.15) is 32.6 Å². The lowest BCUT2D eigenvalue weighted by Gasteiger charge is -2.34. The van der Waals surface area contributed by atoms with E-state index in [-0.39, 0.29) is 17.7 Å². The number of likely N-dealkylation sites (tertiary alicyclic amines) is 1. The number of benzene rings is 1. The summed E-state index contributed by atoms with van der Waals surface area (Å²) in [5.41, 5.74) is 0.464. The van der Waals surface area contributed by atoms with Crippen LogP contribution in [0.3, 0.4) is 0 Å². The molecule has 1 aromatic rings. The molecule has 1 saturated heterocycles. The first-order valence-electron chi connectivity index (χ1n) is 7.80. The Hall–Kier alpha value is -1.76. The van der Waals surface area contributed by atoms with Crippen molar-refractivity contribution >= 4 is 11.6 Å². The van der Waals surface area contributed by atoms with Crippen LogP contribution in [-0.2, 0) is 4.79 Å². The Labute approximate surface area is 133 Å². The largest absolute Gasteiger partial charge is 0.573 e. The molecular formula is C16H21F3N2O2. The molecule has 0 spiro atoms. The van der Waals surface area contributed by atoms with E-state index in [1.165, 1.54) is 24.3 Å². The second-order valence-corrected chi connectivity index (χ2v) is 5.61. The van der Waals surface area contributed by atoms with Crippen LogP contribution >= 0.6 is 0 Å². The van der Waals surface area contributed by atoms with Gasteiger partial charge in [-0.1, -0.05) is 13.3 Å². The van der Waals surface area contributed by atoms with Gasteiger partial charge in [0.1, 0.15) is 5.75 Å². The Bertz CT molecular complexity index is 515. The van der Waals surface area contributed by atoms with Crippen molar-refractivity contribution in [2.45, 2.75) is 45.0 Å². The lowest BCUT2D eigenvalue weighted by Crippen LogP contribution is -2.47. The fourth-order valence-corrected chi connectivity index (χ4v) is 2.81. The zero-order valence-corrected chi connectivity index (χ0v) is 13.0. The quantitative estimate of drug-likeness (QED) is 0.893. The number of ether oxygens (including phenoxy) is 1. The van der Waals surface area contributed by atoms with Crippen LogP contribution in [0, 0.1) is 0 Å². The first-order chi connectivity index (χ1) is 10.9. The van der Waals surface area contributed by atoms with Gasteiger partial charge in [-0.05, 0) is 56.6 Å². The Morgan fingerprint density at radius 2 is 2.00 bits per heavy atom. The highest BCUT2D eigenvalue weighted by Crippen LogP contribution is 2.24. The summed E-state index contributed by atoms with van der Waals surface area (Å²) in [5.74, 6) is -0.414. The van der Waals surface area contributed by atoms with Gasteiger partial charge in [0.2, 0.25) is 5.91 Å². The van der Waals surface area contributed by atoms with Gasteiger partial charge < -0.3 is 10.1 Å². The molecular weight excluding hydrogens is 309 g/mol. The molecule has 0 aliphatic carbocycles. The van der Waals surface area contributed by atoms with E-state index in [9.17, 15) is 18.0 Å². The number of hydrogen-bond donors (Lipinski definition) is 1. The van der Waals surface area contributed by atoms with E-state index in [4.69, 9.17) is 0 Å². The van der Waals surface area contributed by atoms with Gasteiger partial charge in [0.25, 0.3) is 0 Å². The van der Waals surface area contributed by atoms with Gasteiger partial charge >= 0.3 is 6.36 Å². The lowest BCUT2D eigenvalue weighted by atomic mass is 10.0. The number of halogens is 3. The predicted octanol–water partition coefficient (Wildman–Crippen LogP) is 3.79. The number of carbonyl (C=O) groups excluding carboxylic acids is 1. The topological polar surface area (TPSA) is 41.6 Å². The summed E-state index contributed by atoms with van der Waals surface area (Å²) >= 11 is 0. The Morgan fingerprint density at radius 3 is 2.61 bits per heavy atom. The van der Waals surface area contributed by atoms with Crippen LogP contribution in [0.2, 0.25) is 0 Å². The molecule has 1 amide bonds. The summed E-state index contributed by atoms with van der Waals surface area (Å²) in [4.78, 5) is 14.6. The molecule has 23 heavy (non-hydrogen) atoms. The van der Waals surface area contributed by atoms with E-state index in [0.29, 0.717) is 5.69 Å². The number of hydrogen-bond acceptors (Lipinski definition) is 3. The Balaban J connectivity index is 1.96.